The van der Waals surface area contributed by atoms with Crippen LogP contribution in [0.2, 0.25) is 0 Å². The van der Waals surface area contributed by atoms with E-state index in [4.69, 9.17) is 9.47 Å². The van der Waals surface area contributed by atoms with Crippen molar-refractivity contribution in [1.29, 1.82) is 0 Å². The summed E-state index contributed by atoms with van der Waals surface area (Å²) >= 11 is 0. The van der Waals surface area contributed by atoms with Crippen LogP contribution in [0.15, 0.2) is 30.3 Å². The molecule has 0 unspecified atom stereocenters. The fourth-order valence-corrected chi connectivity index (χ4v) is 1.43. The number of hydrogen-bond donors (Lipinski definition) is 1. The Hall–Kier alpha value is -0.900. The second-order valence-electron chi connectivity index (χ2n) is 3.90. The first kappa shape index (κ1) is 14.2. The molecule has 96 valence electrons. The molecule has 0 aliphatic carbocycles. The van der Waals surface area contributed by atoms with Crippen LogP contribution in [-0.4, -0.2) is 32.9 Å². The number of ether oxygens (including phenoxy) is 2. The molecule has 0 radical (unpaired) electrons. The molecule has 17 heavy (non-hydrogen) atoms. The lowest BCUT2D eigenvalue weighted by molar-refractivity contribution is 0.0417. The molecule has 0 aromatic heterocycles. The number of hydrogen-bond acceptors (Lipinski definition) is 3. The van der Waals surface area contributed by atoms with Crippen molar-refractivity contribution >= 4 is 0 Å². The zero-order valence-corrected chi connectivity index (χ0v) is 10.7. The average molecular weight is 237 g/mol. The van der Waals surface area contributed by atoms with Crippen LogP contribution in [0.1, 0.15) is 18.9 Å². The molecule has 1 aromatic rings. The van der Waals surface area contributed by atoms with Gasteiger partial charge in [-0.25, -0.2) is 0 Å². The van der Waals surface area contributed by atoms with Crippen molar-refractivity contribution in [3.63, 3.8) is 0 Å². The fraction of sp³-hybridized carbons (Fsp3) is 0.571. The van der Waals surface area contributed by atoms with Crippen LogP contribution >= 0.6 is 0 Å². The van der Waals surface area contributed by atoms with E-state index in [1.807, 2.05) is 18.2 Å². The van der Waals surface area contributed by atoms with Gasteiger partial charge in [0.15, 0.2) is 0 Å². The average Bonchev–Trinajstić information content (AvgIpc) is 2.38. The summed E-state index contributed by atoms with van der Waals surface area (Å²) in [6, 6.07) is 10.2. The monoisotopic (exact) mass is 237 g/mol. The normalized spacial score (nSPS) is 10.6. The third-order valence-electron chi connectivity index (χ3n) is 2.33. The fourth-order valence-electron chi connectivity index (χ4n) is 1.43. The Kier molecular flexibility index (Phi) is 8.55. The van der Waals surface area contributed by atoms with Crippen molar-refractivity contribution in [3.05, 3.63) is 35.9 Å². The standard InChI is InChI=1S/C14H23NO2/c1-2-8-15-9-10-16-11-12-17-13-14-6-4-3-5-7-14/h3-7,15H,2,8-13H2,1H3. The summed E-state index contributed by atoms with van der Waals surface area (Å²) in [5, 5.41) is 3.29. The number of rotatable bonds is 10. The maximum atomic E-state index is 5.50. The van der Waals surface area contributed by atoms with Crippen LogP contribution in [-0.2, 0) is 16.1 Å². The van der Waals surface area contributed by atoms with E-state index >= 15 is 0 Å². The number of benzene rings is 1. The minimum Gasteiger partial charge on any atom is -0.378 e. The van der Waals surface area contributed by atoms with Gasteiger partial charge in [0.05, 0.1) is 26.4 Å². The predicted molar refractivity (Wildman–Crippen MR) is 70.1 cm³/mol. The van der Waals surface area contributed by atoms with Crippen molar-refractivity contribution in [2.45, 2.75) is 20.0 Å². The summed E-state index contributed by atoms with van der Waals surface area (Å²) in [7, 11) is 0. The quantitative estimate of drug-likeness (QED) is 0.633. The van der Waals surface area contributed by atoms with Gasteiger partial charge in [0.2, 0.25) is 0 Å². The molecule has 3 heteroatoms. The summed E-state index contributed by atoms with van der Waals surface area (Å²) in [5.41, 5.74) is 1.21. The molecule has 0 bridgehead atoms. The van der Waals surface area contributed by atoms with Gasteiger partial charge < -0.3 is 14.8 Å². The van der Waals surface area contributed by atoms with Crippen molar-refractivity contribution in [2.75, 3.05) is 32.9 Å². The minimum absolute atomic E-state index is 0.655. The summed E-state index contributed by atoms with van der Waals surface area (Å²) < 4.78 is 10.9. The topological polar surface area (TPSA) is 30.5 Å². The van der Waals surface area contributed by atoms with E-state index in [2.05, 4.69) is 24.4 Å². The highest BCUT2D eigenvalue weighted by atomic mass is 16.5. The molecule has 0 amide bonds. The molecule has 0 atom stereocenters. The van der Waals surface area contributed by atoms with Gasteiger partial charge in [-0.15, -0.1) is 0 Å². The summed E-state index contributed by atoms with van der Waals surface area (Å²) in [6.07, 6.45) is 1.17. The van der Waals surface area contributed by atoms with Crippen LogP contribution in [0.25, 0.3) is 0 Å². The molecular weight excluding hydrogens is 214 g/mol. The Bertz CT molecular complexity index is 264. The highest BCUT2D eigenvalue weighted by Crippen LogP contribution is 1.99. The maximum absolute atomic E-state index is 5.50. The molecule has 0 aliphatic rings. The Balaban J connectivity index is 1.85. The first-order chi connectivity index (χ1) is 8.43. The third-order valence-corrected chi connectivity index (χ3v) is 2.33. The van der Waals surface area contributed by atoms with Gasteiger partial charge in [0, 0.05) is 6.54 Å². The van der Waals surface area contributed by atoms with E-state index in [1.165, 1.54) is 12.0 Å². The summed E-state index contributed by atoms with van der Waals surface area (Å²) in [4.78, 5) is 0. The van der Waals surface area contributed by atoms with Gasteiger partial charge in [0.25, 0.3) is 0 Å². The minimum atomic E-state index is 0.655. The summed E-state index contributed by atoms with van der Waals surface area (Å²) in [6.45, 7) is 6.89. The van der Waals surface area contributed by atoms with E-state index in [1.54, 1.807) is 0 Å². The molecule has 0 fully saturated rings. The van der Waals surface area contributed by atoms with Gasteiger partial charge in [-0.05, 0) is 18.5 Å². The third kappa shape index (κ3) is 7.91. The Morgan fingerprint density at radius 3 is 2.47 bits per heavy atom. The first-order valence-corrected chi connectivity index (χ1v) is 6.33. The van der Waals surface area contributed by atoms with Gasteiger partial charge in [0.1, 0.15) is 0 Å². The Morgan fingerprint density at radius 1 is 0.941 bits per heavy atom. The van der Waals surface area contributed by atoms with Crippen LogP contribution < -0.4 is 5.32 Å². The molecule has 3 nitrogen and oxygen atoms in total. The smallest absolute Gasteiger partial charge is 0.0718 e. The molecule has 1 aromatic carbocycles. The largest absolute Gasteiger partial charge is 0.378 e. The molecule has 0 saturated heterocycles. The lowest BCUT2D eigenvalue weighted by Gasteiger charge is -2.06. The van der Waals surface area contributed by atoms with Crippen LogP contribution in [0, 0.1) is 0 Å². The molecule has 0 saturated carbocycles. The number of nitrogens with one attached hydrogen (secondary N) is 1. The second-order valence-corrected chi connectivity index (χ2v) is 3.90. The van der Waals surface area contributed by atoms with Gasteiger partial charge >= 0.3 is 0 Å². The van der Waals surface area contributed by atoms with E-state index in [0.29, 0.717) is 19.8 Å². The van der Waals surface area contributed by atoms with Crippen molar-refractivity contribution in [3.8, 4) is 0 Å². The van der Waals surface area contributed by atoms with E-state index < -0.39 is 0 Å². The SMILES string of the molecule is CCCNCCOCCOCc1ccccc1. The molecule has 0 aliphatic heterocycles. The molecule has 0 heterocycles. The Labute approximate surface area is 104 Å². The zero-order valence-electron chi connectivity index (χ0n) is 10.7. The van der Waals surface area contributed by atoms with Crippen LogP contribution in [0.3, 0.4) is 0 Å². The zero-order chi connectivity index (χ0) is 12.2. The molecular formula is C14H23NO2. The van der Waals surface area contributed by atoms with Crippen molar-refractivity contribution in [2.24, 2.45) is 0 Å². The lowest BCUT2D eigenvalue weighted by Crippen LogP contribution is -2.21. The predicted octanol–water partition coefficient (Wildman–Crippen LogP) is 2.22. The highest BCUT2D eigenvalue weighted by Gasteiger charge is 1.92. The lowest BCUT2D eigenvalue weighted by atomic mass is 10.2. The summed E-state index contributed by atoms with van der Waals surface area (Å²) in [5.74, 6) is 0. The van der Waals surface area contributed by atoms with Gasteiger partial charge in [-0.3, -0.25) is 0 Å². The molecule has 0 spiro atoms. The first-order valence-electron chi connectivity index (χ1n) is 6.33. The Morgan fingerprint density at radius 2 is 1.71 bits per heavy atom. The molecule has 1 N–H and O–H groups in total. The van der Waals surface area contributed by atoms with E-state index in [0.717, 1.165) is 19.7 Å². The van der Waals surface area contributed by atoms with Crippen LogP contribution in [0.4, 0.5) is 0 Å². The van der Waals surface area contributed by atoms with Crippen LogP contribution in [0.5, 0.6) is 0 Å². The van der Waals surface area contributed by atoms with Crippen molar-refractivity contribution < 1.29 is 9.47 Å². The van der Waals surface area contributed by atoms with Gasteiger partial charge in [-0.2, -0.15) is 0 Å². The van der Waals surface area contributed by atoms with E-state index in [-0.39, 0.29) is 0 Å². The second kappa shape index (κ2) is 10.3. The van der Waals surface area contributed by atoms with E-state index in [9.17, 15) is 0 Å². The molecule has 1 rings (SSSR count). The highest BCUT2D eigenvalue weighted by molar-refractivity contribution is 5.13. The maximum Gasteiger partial charge on any atom is 0.0718 e. The van der Waals surface area contributed by atoms with Gasteiger partial charge in [-0.1, -0.05) is 37.3 Å². The van der Waals surface area contributed by atoms with Crippen molar-refractivity contribution in [1.82, 2.24) is 5.32 Å².